The first-order valence-corrected chi connectivity index (χ1v) is 8.85. The Morgan fingerprint density at radius 1 is 1.07 bits per heavy atom. The average Bonchev–Trinajstić information content (AvgIpc) is 3.08. The number of nitrogens with zero attached hydrogens (tertiary/aromatic N) is 2. The minimum atomic E-state index is -2.77. The van der Waals surface area contributed by atoms with Crippen LogP contribution >= 0.6 is 0 Å². The van der Waals surface area contributed by atoms with Crippen LogP contribution in [0.25, 0.3) is 11.0 Å². The Kier molecular flexibility index (Phi) is 5.98. The number of rotatable bonds is 7. The molecule has 3 rings (SSSR count). The first-order chi connectivity index (χ1) is 13.5. The summed E-state index contributed by atoms with van der Waals surface area (Å²) in [6.45, 7) is -1.04. The molecule has 0 saturated carbocycles. The molecule has 6 nitrogen and oxygen atoms in total. The molecule has 146 valence electrons. The molecule has 0 spiro atoms. The average molecular weight is 386 g/mol. The number of amides is 2. The highest BCUT2D eigenvalue weighted by Gasteiger charge is 2.22. The molecule has 2 aromatic carbocycles. The van der Waals surface area contributed by atoms with E-state index in [1.807, 2.05) is 0 Å². The number of nitrogens with one attached hydrogen (secondary N) is 2. The van der Waals surface area contributed by atoms with Gasteiger partial charge in [0.2, 0.25) is 5.91 Å². The third kappa shape index (κ3) is 4.33. The van der Waals surface area contributed by atoms with Crippen molar-refractivity contribution in [2.24, 2.45) is 0 Å². The normalized spacial score (nSPS) is 12.1. The highest BCUT2D eigenvalue weighted by molar-refractivity contribution is 5.94. The van der Waals surface area contributed by atoms with Gasteiger partial charge in [-0.15, -0.1) is 0 Å². The SMILES string of the molecule is C[C@H](NC(=O)CCNC(=O)c1ccccc1)c1nc2ccccc2n1C(F)F. The van der Waals surface area contributed by atoms with Gasteiger partial charge in [0.1, 0.15) is 5.82 Å². The maximum atomic E-state index is 13.5. The van der Waals surface area contributed by atoms with E-state index in [1.54, 1.807) is 61.5 Å². The van der Waals surface area contributed by atoms with Gasteiger partial charge in [-0.05, 0) is 31.2 Å². The molecule has 1 heterocycles. The highest BCUT2D eigenvalue weighted by atomic mass is 19.3. The van der Waals surface area contributed by atoms with E-state index in [1.165, 1.54) is 0 Å². The van der Waals surface area contributed by atoms with Crippen molar-refractivity contribution in [2.75, 3.05) is 6.54 Å². The van der Waals surface area contributed by atoms with Gasteiger partial charge in [-0.25, -0.2) is 4.98 Å². The summed E-state index contributed by atoms with van der Waals surface area (Å²) in [7, 11) is 0. The van der Waals surface area contributed by atoms with Gasteiger partial charge in [0.25, 0.3) is 5.91 Å². The minimum absolute atomic E-state index is 0.0256. The van der Waals surface area contributed by atoms with E-state index in [0.29, 0.717) is 16.6 Å². The maximum absolute atomic E-state index is 13.5. The molecule has 3 aromatic rings. The first kappa shape index (κ1) is 19.5. The van der Waals surface area contributed by atoms with Gasteiger partial charge in [0, 0.05) is 18.5 Å². The number of para-hydroxylation sites is 2. The fraction of sp³-hybridized carbons (Fsp3) is 0.250. The topological polar surface area (TPSA) is 76.0 Å². The Balaban J connectivity index is 1.59. The van der Waals surface area contributed by atoms with E-state index in [-0.39, 0.29) is 30.6 Å². The molecular weight excluding hydrogens is 366 g/mol. The Morgan fingerprint density at radius 2 is 1.75 bits per heavy atom. The van der Waals surface area contributed by atoms with Crippen LogP contribution in [-0.2, 0) is 4.79 Å². The molecule has 0 aliphatic rings. The lowest BCUT2D eigenvalue weighted by atomic mass is 10.2. The molecule has 0 bridgehead atoms. The van der Waals surface area contributed by atoms with Gasteiger partial charge in [0.15, 0.2) is 0 Å². The van der Waals surface area contributed by atoms with E-state index in [4.69, 9.17) is 0 Å². The summed E-state index contributed by atoms with van der Waals surface area (Å²) >= 11 is 0. The quantitative estimate of drug-likeness (QED) is 0.653. The van der Waals surface area contributed by atoms with E-state index in [0.717, 1.165) is 4.57 Å². The van der Waals surface area contributed by atoms with Crippen LogP contribution in [0.4, 0.5) is 8.78 Å². The van der Waals surface area contributed by atoms with Crippen LogP contribution in [0.3, 0.4) is 0 Å². The predicted octanol–water partition coefficient (Wildman–Crippen LogP) is 3.43. The van der Waals surface area contributed by atoms with Crippen LogP contribution in [0.5, 0.6) is 0 Å². The van der Waals surface area contributed by atoms with Crippen molar-refractivity contribution >= 4 is 22.8 Å². The van der Waals surface area contributed by atoms with E-state index in [2.05, 4.69) is 15.6 Å². The summed E-state index contributed by atoms with van der Waals surface area (Å²) in [5.74, 6) is -0.562. The van der Waals surface area contributed by atoms with E-state index < -0.39 is 12.6 Å². The standard InChI is InChI=1S/C20H20F2N4O2/c1-13(18-25-15-9-5-6-10-16(15)26(18)20(21)22)24-17(27)11-12-23-19(28)14-7-3-2-4-8-14/h2-10,13,20H,11-12H2,1H3,(H,23,28)(H,24,27)/t13-/m0/s1. The van der Waals surface area contributed by atoms with Gasteiger partial charge in [-0.3, -0.25) is 14.2 Å². The molecule has 2 N–H and O–H groups in total. The zero-order chi connectivity index (χ0) is 20.1. The lowest BCUT2D eigenvalue weighted by Crippen LogP contribution is -2.33. The molecule has 1 atom stereocenters. The van der Waals surface area contributed by atoms with E-state index in [9.17, 15) is 18.4 Å². The third-order valence-electron chi connectivity index (χ3n) is 4.26. The fourth-order valence-electron chi connectivity index (χ4n) is 2.93. The molecule has 0 unspecified atom stereocenters. The van der Waals surface area contributed by atoms with Crippen LogP contribution in [0.2, 0.25) is 0 Å². The summed E-state index contributed by atoms with van der Waals surface area (Å²) in [5.41, 5.74) is 1.25. The summed E-state index contributed by atoms with van der Waals surface area (Å²) in [4.78, 5) is 28.3. The Bertz CT molecular complexity index is 973. The van der Waals surface area contributed by atoms with Gasteiger partial charge >= 0.3 is 6.55 Å². The summed E-state index contributed by atoms with van der Waals surface area (Å²) in [5, 5.41) is 5.31. The molecule has 28 heavy (non-hydrogen) atoms. The molecule has 2 amide bonds. The monoisotopic (exact) mass is 386 g/mol. The van der Waals surface area contributed by atoms with Crippen LogP contribution in [0.1, 0.15) is 42.1 Å². The molecule has 0 saturated heterocycles. The zero-order valence-corrected chi connectivity index (χ0v) is 15.2. The number of carbonyl (C=O) groups excluding carboxylic acids is 2. The lowest BCUT2D eigenvalue weighted by molar-refractivity contribution is -0.121. The van der Waals surface area contributed by atoms with Crippen LogP contribution in [0, 0.1) is 0 Å². The number of aromatic nitrogens is 2. The second-order valence-corrected chi connectivity index (χ2v) is 6.27. The lowest BCUT2D eigenvalue weighted by Gasteiger charge is -2.16. The Morgan fingerprint density at radius 3 is 2.46 bits per heavy atom. The molecule has 0 aliphatic heterocycles. The van der Waals surface area contributed by atoms with Gasteiger partial charge in [0.05, 0.1) is 17.1 Å². The van der Waals surface area contributed by atoms with Crippen LogP contribution in [-0.4, -0.2) is 27.9 Å². The number of imidazole rings is 1. The fourth-order valence-corrected chi connectivity index (χ4v) is 2.93. The van der Waals surface area contributed by atoms with Crippen molar-refractivity contribution < 1.29 is 18.4 Å². The van der Waals surface area contributed by atoms with E-state index >= 15 is 0 Å². The number of alkyl halides is 2. The Hall–Kier alpha value is -3.29. The van der Waals surface area contributed by atoms with Crippen LogP contribution < -0.4 is 10.6 Å². The second-order valence-electron chi connectivity index (χ2n) is 6.27. The van der Waals surface area contributed by atoms with Gasteiger partial charge < -0.3 is 10.6 Å². The van der Waals surface area contributed by atoms with Gasteiger partial charge in [-0.1, -0.05) is 30.3 Å². The first-order valence-electron chi connectivity index (χ1n) is 8.85. The zero-order valence-electron chi connectivity index (χ0n) is 15.2. The van der Waals surface area contributed by atoms with Crippen LogP contribution in [0.15, 0.2) is 54.6 Å². The Labute approximate surface area is 160 Å². The summed E-state index contributed by atoms with van der Waals surface area (Å²) < 4.78 is 27.8. The number of hydrogen-bond donors (Lipinski definition) is 2. The smallest absolute Gasteiger partial charge is 0.320 e. The maximum Gasteiger partial charge on any atom is 0.320 e. The number of hydrogen-bond acceptors (Lipinski definition) is 3. The van der Waals surface area contributed by atoms with Crippen molar-refractivity contribution in [3.63, 3.8) is 0 Å². The molecule has 1 aromatic heterocycles. The summed E-state index contributed by atoms with van der Waals surface area (Å²) in [6.07, 6.45) is 0.0256. The van der Waals surface area contributed by atoms with Crippen molar-refractivity contribution in [1.82, 2.24) is 20.2 Å². The molecule has 0 fully saturated rings. The van der Waals surface area contributed by atoms with Crippen molar-refractivity contribution in [3.8, 4) is 0 Å². The van der Waals surface area contributed by atoms with Gasteiger partial charge in [-0.2, -0.15) is 8.78 Å². The number of carbonyl (C=O) groups is 2. The predicted molar refractivity (Wildman–Crippen MR) is 101 cm³/mol. The highest BCUT2D eigenvalue weighted by Crippen LogP contribution is 2.26. The van der Waals surface area contributed by atoms with Crippen molar-refractivity contribution in [2.45, 2.75) is 25.9 Å². The molecule has 8 heteroatoms. The number of fused-ring (bicyclic) bond motifs is 1. The van der Waals surface area contributed by atoms with Crippen molar-refractivity contribution in [3.05, 3.63) is 66.0 Å². The second kappa shape index (κ2) is 8.60. The molecule has 0 aliphatic carbocycles. The molecular formula is C20H20F2N4O2. The molecule has 0 radical (unpaired) electrons. The summed E-state index contributed by atoms with van der Waals surface area (Å²) in [6, 6.07) is 14.5. The van der Waals surface area contributed by atoms with Crippen molar-refractivity contribution in [1.29, 1.82) is 0 Å². The third-order valence-corrected chi connectivity index (χ3v) is 4.26. The number of halogens is 2. The minimum Gasteiger partial charge on any atom is -0.352 e. The largest absolute Gasteiger partial charge is 0.352 e. The number of benzene rings is 2.